The predicted molar refractivity (Wildman–Crippen MR) is 91.1 cm³/mol. The van der Waals surface area contributed by atoms with Gasteiger partial charge < -0.3 is 10.4 Å². The minimum absolute atomic E-state index is 0.0304. The van der Waals surface area contributed by atoms with Crippen LogP contribution in [0.5, 0.6) is 0 Å². The summed E-state index contributed by atoms with van der Waals surface area (Å²) >= 11 is 0. The van der Waals surface area contributed by atoms with E-state index in [0.717, 1.165) is 6.08 Å². The summed E-state index contributed by atoms with van der Waals surface area (Å²) in [4.78, 5) is 35.9. The van der Waals surface area contributed by atoms with Crippen molar-refractivity contribution in [2.75, 3.05) is 0 Å². The van der Waals surface area contributed by atoms with E-state index in [1.54, 1.807) is 0 Å². The Labute approximate surface area is 150 Å². The normalized spacial score (nSPS) is 23.2. The van der Waals surface area contributed by atoms with E-state index in [-0.39, 0.29) is 27.8 Å². The Balaban J connectivity index is 1.90. The number of hydrogen-bond acceptors (Lipinski definition) is 6. The third kappa shape index (κ3) is 3.40. The molecule has 0 aliphatic heterocycles. The number of ketones is 2. The topological polar surface area (TPSA) is 144 Å². The Hall–Kier alpha value is -2.52. The maximum absolute atomic E-state index is 12.7. The van der Waals surface area contributed by atoms with Gasteiger partial charge >= 0.3 is 5.97 Å². The molecule has 1 fully saturated rings. The molecule has 138 valence electrons. The monoisotopic (exact) mass is 378 g/mol. The molecular formula is C17H18N2O6S. The Morgan fingerprint density at radius 2 is 1.96 bits per heavy atom. The smallest absolute Gasteiger partial charge is 0.306 e. The molecule has 2 atom stereocenters. The summed E-state index contributed by atoms with van der Waals surface area (Å²) in [6.07, 6.45) is 3.39. The minimum atomic E-state index is -4.15. The lowest BCUT2D eigenvalue weighted by molar-refractivity contribution is -0.143. The van der Waals surface area contributed by atoms with Crippen molar-refractivity contribution in [2.24, 2.45) is 11.1 Å². The van der Waals surface area contributed by atoms with Gasteiger partial charge in [0.05, 0.1) is 22.1 Å². The van der Waals surface area contributed by atoms with Gasteiger partial charge in [-0.15, -0.1) is 0 Å². The van der Waals surface area contributed by atoms with E-state index in [4.69, 9.17) is 10.2 Å². The highest BCUT2D eigenvalue weighted by atomic mass is 32.2. The van der Waals surface area contributed by atoms with Crippen molar-refractivity contribution in [2.45, 2.75) is 36.6 Å². The fraction of sp³-hybridized carbons (Fsp3) is 0.353. The highest BCUT2D eigenvalue weighted by Gasteiger charge is 2.33. The zero-order valence-corrected chi connectivity index (χ0v) is 14.6. The maximum atomic E-state index is 12.7. The first-order valence-electron chi connectivity index (χ1n) is 8.14. The second-order valence-corrected chi connectivity index (χ2v) is 8.05. The molecule has 0 aromatic heterocycles. The lowest BCUT2D eigenvalue weighted by Gasteiger charge is -2.29. The number of aliphatic carboxylic acids is 1. The molecule has 0 radical (unpaired) electrons. The van der Waals surface area contributed by atoms with Crippen molar-refractivity contribution in [3.05, 3.63) is 41.1 Å². The second kappa shape index (κ2) is 6.65. The van der Waals surface area contributed by atoms with E-state index in [1.165, 1.54) is 18.2 Å². The fourth-order valence-corrected chi connectivity index (χ4v) is 4.26. The summed E-state index contributed by atoms with van der Waals surface area (Å²) in [5.74, 6) is -2.50. The first kappa shape index (κ1) is 18.3. The number of carbonyl (C=O) groups is 3. The van der Waals surface area contributed by atoms with Crippen LogP contribution < -0.4 is 10.5 Å². The molecule has 3 rings (SSSR count). The molecule has 0 spiro atoms. The van der Waals surface area contributed by atoms with Crippen LogP contribution in [0.2, 0.25) is 0 Å². The molecule has 8 nitrogen and oxygen atoms in total. The molecule has 0 saturated heterocycles. The molecule has 2 aliphatic carbocycles. The molecule has 0 amide bonds. The summed E-state index contributed by atoms with van der Waals surface area (Å²) in [7, 11) is -4.15. The number of hydrogen-bond donors (Lipinski definition) is 3. The largest absolute Gasteiger partial charge is 0.481 e. The number of rotatable bonds is 4. The first-order valence-corrected chi connectivity index (χ1v) is 9.69. The lowest BCUT2D eigenvalue weighted by atomic mass is 9.85. The van der Waals surface area contributed by atoms with Crippen molar-refractivity contribution in [3.63, 3.8) is 0 Å². The van der Waals surface area contributed by atoms with E-state index in [0.29, 0.717) is 25.7 Å². The summed E-state index contributed by atoms with van der Waals surface area (Å²) < 4.78 is 23.4. The standard InChI is InChI=1S/C17H18N2O6S/c18-26(24,25)14-6-2-5-11-15(14)13(20)8-12(16(11)21)19-10-4-1-3-9(7-10)17(22)23/h2,5-6,8-10,19H,1,3-4,7H2,(H,22,23)(H2,18,24,25)/t9-,10+/m1/s1. The Kier molecular flexibility index (Phi) is 4.68. The van der Waals surface area contributed by atoms with Gasteiger partial charge in [0.2, 0.25) is 15.8 Å². The summed E-state index contributed by atoms with van der Waals surface area (Å²) in [5.41, 5.74) is -0.208. The van der Waals surface area contributed by atoms with Gasteiger partial charge in [0, 0.05) is 17.7 Å². The van der Waals surface area contributed by atoms with E-state index >= 15 is 0 Å². The fourth-order valence-electron chi connectivity index (χ4n) is 3.50. The number of nitrogens with one attached hydrogen (secondary N) is 1. The number of Topliss-reactive ketones (excluding diaryl/α,β-unsaturated/α-hetero) is 1. The number of allylic oxidation sites excluding steroid dienone is 2. The first-order chi connectivity index (χ1) is 12.2. The maximum Gasteiger partial charge on any atom is 0.306 e. The van der Waals surface area contributed by atoms with Crippen LogP contribution >= 0.6 is 0 Å². The second-order valence-electron chi connectivity index (χ2n) is 6.52. The van der Waals surface area contributed by atoms with Gasteiger partial charge in [0.25, 0.3) is 0 Å². The number of benzene rings is 1. The molecule has 2 aliphatic rings. The van der Waals surface area contributed by atoms with Gasteiger partial charge in [-0.25, -0.2) is 13.6 Å². The minimum Gasteiger partial charge on any atom is -0.481 e. The predicted octanol–water partition coefficient (Wildman–Crippen LogP) is 0.830. The van der Waals surface area contributed by atoms with Gasteiger partial charge in [-0.1, -0.05) is 18.6 Å². The van der Waals surface area contributed by atoms with Crippen LogP contribution in [0, 0.1) is 5.92 Å². The van der Waals surface area contributed by atoms with E-state index in [2.05, 4.69) is 5.32 Å². The molecule has 0 unspecified atom stereocenters. The quantitative estimate of drug-likeness (QED) is 0.704. The van der Waals surface area contributed by atoms with Gasteiger partial charge in [0.15, 0.2) is 5.78 Å². The molecule has 26 heavy (non-hydrogen) atoms. The summed E-state index contributed by atoms with van der Waals surface area (Å²) in [6, 6.07) is 3.67. The van der Waals surface area contributed by atoms with Crippen molar-refractivity contribution < 1.29 is 27.9 Å². The number of carboxylic acid groups (broad SMARTS) is 1. The number of primary sulfonamides is 1. The lowest BCUT2D eigenvalue weighted by Crippen LogP contribution is -2.39. The number of nitrogens with two attached hydrogens (primary N) is 1. The Morgan fingerprint density at radius 3 is 2.62 bits per heavy atom. The molecule has 1 aromatic rings. The molecule has 1 saturated carbocycles. The van der Waals surface area contributed by atoms with Crippen molar-refractivity contribution in [3.8, 4) is 0 Å². The number of carboxylic acids is 1. The van der Waals surface area contributed by atoms with Crippen LogP contribution in [0.3, 0.4) is 0 Å². The van der Waals surface area contributed by atoms with Crippen LogP contribution in [-0.4, -0.2) is 37.1 Å². The van der Waals surface area contributed by atoms with Gasteiger partial charge in [0.1, 0.15) is 0 Å². The van der Waals surface area contributed by atoms with Crippen LogP contribution in [0.25, 0.3) is 0 Å². The average Bonchev–Trinajstić information content (AvgIpc) is 2.58. The van der Waals surface area contributed by atoms with E-state index in [9.17, 15) is 22.8 Å². The van der Waals surface area contributed by atoms with E-state index < -0.39 is 33.5 Å². The third-order valence-electron chi connectivity index (χ3n) is 4.73. The van der Waals surface area contributed by atoms with Crippen LogP contribution in [0.1, 0.15) is 46.4 Å². The molecular weight excluding hydrogens is 360 g/mol. The highest BCUT2D eigenvalue weighted by molar-refractivity contribution is 7.89. The Morgan fingerprint density at radius 1 is 1.23 bits per heavy atom. The number of sulfonamides is 1. The van der Waals surface area contributed by atoms with Crippen LogP contribution in [0.4, 0.5) is 0 Å². The number of fused-ring (bicyclic) bond motifs is 1. The molecule has 0 bridgehead atoms. The van der Waals surface area contributed by atoms with Crippen molar-refractivity contribution >= 4 is 27.6 Å². The van der Waals surface area contributed by atoms with Gasteiger partial charge in [-0.05, 0) is 25.3 Å². The van der Waals surface area contributed by atoms with Crippen molar-refractivity contribution in [1.29, 1.82) is 0 Å². The van der Waals surface area contributed by atoms with Gasteiger partial charge in [-0.3, -0.25) is 14.4 Å². The summed E-state index contributed by atoms with van der Waals surface area (Å²) in [5, 5.41) is 17.3. The van der Waals surface area contributed by atoms with E-state index in [1.807, 2.05) is 0 Å². The third-order valence-corrected chi connectivity index (χ3v) is 5.68. The molecule has 0 heterocycles. The molecule has 4 N–H and O–H groups in total. The van der Waals surface area contributed by atoms with Crippen LogP contribution in [-0.2, 0) is 14.8 Å². The zero-order valence-electron chi connectivity index (χ0n) is 13.8. The Bertz CT molecular complexity index is 935. The average molecular weight is 378 g/mol. The van der Waals surface area contributed by atoms with Crippen LogP contribution in [0.15, 0.2) is 34.9 Å². The van der Waals surface area contributed by atoms with Gasteiger partial charge in [-0.2, -0.15) is 0 Å². The van der Waals surface area contributed by atoms with Crippen molar-refractivity contribution in [1.82, 2.24) is 5.32 Å². The summed E-state index contributed by atoms with van der Waals surface area (Å²) in [6.45, 7) is 0. The molecule has 9 heteroatoms. The zero-order chi connectivity index (χ0) is 19.1. The highest BCUT2D eigenvalue weighted by Crippen LogP contribution is 2.29. The molecule has 1 aromatic carbocycles. The number of carbonyl (C=O) groups excluding carboxylic acids is 2. The SMILES string of the molecule is NS(=O)(=O)c1cccc2c1C(=O)C=C(N[C@H]1CCC[C@@H](C(=O)O)C1)C2=O.